The Balaban J connectivity index is 1.80. The lowest BCUT2D eigenvalue weighted by atomic mass is 10.0. The molecule has 3 rings (SSSR count). The third kappa shape index (κ3) is 3.83. The molecule has 130 valence electrons. The Kier molecular flexibility index (Phi) is 5.35. The molecular weight excluding hydrogens is 320 g/mol. The topological polar surface area (TPSA) is 84.4 Å². The van der Waals surface area contributed by atoms with Gasteiger partial charge in [-0.1, -0.05) is 6.07 Å². The van der Waals surface area contributed by atoms with E-state index < -0.39 is 18.1 Å². The van der Waals surface area contributed by atoms with E-state index in [0.29, 0.717) is 18.5 Å². The number of amides is 1. The van der Waals surface area contributed by atoms with Crippen molar-refractivity contribution in [2.45, 2.75) is 24.9 Å². The molecule has 0 radical (unpaired) electrons. The second-order valence-electron chi connectivity index (χ2n) is 5.81. The van der Waals surface area contributed by atoms with Gasteiger partial charge < -0.3 is 9.64 Å². The summed E-state index contributed by atoms with van der Waals surface area (Å²) in [6.07, 6.45) is 8.06. The summed E-state index contributed by atoms with van der Waals surface area (Å²) in [5.74, 6) is -0.517. The fourth-order valence-corrected chi connectivity index (χ4v) is 2.97. The lowest BCUT2D eigenvalue weighted by Gasteiger charge is -2.34. The van der Waals surface area contributed by atoms with Gasteiger partial charge in [-0.25, -0.2) is 4.79 Å². The number of ether oxygens (including phenoxy) is 1. The van der Waals surface area contributed by atoms with E-state index in [4.69, 9.17) is 4.74 Å². The first-order valence-corrected chi connectivity index (χ1v) is 8.16. The summed E-state index contributed by atoms with van der Waals surface area (Å²) in [7, 11) is 1.33. The molecule has 1 aliphatic rings. The predicted molar refractivity (Wildman–Crippen MR) is 91.7 cm³/mol. The van der Waals surface area contributed by atoms with Gasteiger partial charge in [0.2, 0.25) is 5.91 Å². The summed E-state index contributed by atoms with van der Waals surface area (Å²) >= 11 is 0. The molecule has 0 aliphatic carbocycles. The number of nitrogens with zero attached hydrogens (tertiary/aromatic N) is 3. The number of piperidine rings is 1. The highest BCUT2D eigenvalue weighted by Crippen LogP contribution is 2.23. The SMILES string of the molecule is COC(=O)[C@H](N[C@H]1CCCN(c2cccnc2)C1=O)c1cccnc1. The highest BCUT2D eigenvalue weighted by atomic mass is 16.5. The van der Waals surface area contributed by atoms with Crippen LogP contribution in [0.2, 0.25) is 0 Å². The molecular formula is C18H20N4O3. The zero-order valence-electron chi connectivity index (χ0n) is 14.0. The molecule has 0 spiro atoms. The van der Waals surface area contributed by atoms with E-state index in [1.165, 1.54) is 7.11 Å². The summed E-state index contributed by atoms with van der Waals surface area (Å²) in [4.78, 5) is 34.9. The van der Waals surface area contributed by atoms with Crippen LogP contribution in [0.15, 0.2) is 49.1 Å². The third-order valence-electron chi connectivity index (χ3n) is 4.22. The van der Waals surface area contributed by atoms with Crippen LogP contribution in [0.3, 0.4) is 0 Å². The zero-order chi connectivity index (χ0) is 17.6. The molecule has 0 saturated carbocycles. The standard InChI is InChI=1S/C18H20N4O3/c1-25-18(24)16(13-5-2-8-19-11-13)21-15-7-4-10-22(17(15)23)14-6-3-9-20-12-14/h2-3,5-6,8-9,11-12,15-16,21H,4,7,10H2,1H3/t15-,16+/m0/s1. The van der Waals surface area contributed by atoms with Crippen LogP contribution in [0.1, 0.15) is 24.4 Å². The fourth-order valence-electron chi connectivity index (χ4n) is 2.97. The van der Waals surface area contributed by atoms with Crippen molar-refractivity contribution in [3.63, 3.8) is 0 Å². The van der Waals surface area contributed by atoms with Crippen LogP contribution in [0.5, 0.6) is 0 Å². The average Bonchev–Trinajstić information content (AvgIpc) is 2.68. The maximum atomic E-state index is 12.9. The lowest BCUT2D eigenvalue weighted by molar-refractivity contribution is -0.143. The highest BCUT2D eigenvalue weighted by molar-refractivity contribution is 5.98. The molecule has 1 saturated heterocycles. The predicted octanol–water partition coefficient (Wildman–Crippen LogP) is 1.48. The van der Waals surface area contributed by atoms with Crippen LogP contribution in [-0.2, 0) is 14.3 Å². The van der Waals surface area contributed by atoms with E-state index in [1.807, 2.05) is 6.07 Å². The molecule has 7 nitrogen and oxygen atoms in total. The minimum Gasteiger partial charge on any atom is -0.468 e. The molecule has 25 heavy (non-hydrogen) atoms. The fraction of sp³-hybridized carbons (Fsp3) is 0.333. The first-order valence-electron chi connectivity index (χ1n) is 8.16. The molecule has 2 aromatic rings. The van der Waals surface area contributed by atoms with Crippen molar-refractivity contribution in [3.05, 3.63) is 54.6 Å². The van der Waals surface area contributed by atoms with Gasteiger partial charge in [0.05, 0.1) is 25.0 Å². The van der Waals surface area contributed by atoms with Crippen molar-refractivity contribution < 1.29 is 14.3 Å². The van der Waals surface area contributed by atoms with Crippen LogP contribution < -0.4 is 10.2 Å². The van der Waals surface area contributed by atoms with Gasteiger partial charge in [-0.2, -0.15) is 0 Å². The number of methoxy groups -OCH3 is 1. The van der Waals surface area contributed by atoms with E-state index in [9.17, 15) is 9.59 Å². The number of pyridine rings is 2. The van der Waals surface area contributed by atoms with Gasteiger partial charge in [0.15, 0.2) is 0 Å². The van der Waals surface area contributed by atoms with Crippen molar-refractivity contribution in [2.75, 3.05) is 18.6 Å². The number of rotatable bonds is 5. The second-order valence-corrected chi connectivity index (χ2v) is 5.81. The molecule has 7 heteroatoms. The van der Waals surface area contributed by atoms with E-state index >= 15 is 0 Å². The summed E-state index contributed by atoms with van der Waals surface area (Å²) < 4.78 is 4.89. The molecule has 2 atom stereocenters. The Bertz CT molecular complexity index is 724. The van der Waals surface area contributed by atoms with Gasteiger partial charge in [-0.05, 0) is 36.6 Å². The van der Waals surface area contributed by atoms with Crippen LogP contribution in [0.4, 0.5) is 5.69 Å². The van der Waals surface area contributed by atoms with Crippen LogP contribution in [-0.4, -0.2) is 41.5 Å². The van der Waals surface area contributed by atoms with E-state index in [-0.39, 0.29) is 5.91 Å². The number of hydrogen-bond donors (Lipinski definition) is 1. The number of nitrogens with one attached hydrogen (secondary N) is 1. The first kappa shape index (κ1) is 17.0. The van der Waals surface area contributed by atoms with Crippen molar-refractivity contribution in [3.8, 4) is 0 Å². The van der Waals surface area contributed by atoms with Gasteiger partial charge in [-0.15, -0.1) is 0 Å². The van der Waals surface area contributed by atoms with E-state index in [1.54, 1.807) is 47.9 Å². The maximum Gasteiger partial charge on any atom is 0.327 e. The van der Waals surface area contributed by atoms with Crippen molar-refractivity contribution in [1.82, 2.24) is 15.3 Å². The largest absolute Gasteiger partial charge is 0.468 e. The van der Waals surface area contributed by atoms with E-state index in [0.717, 1.165) is 12.1 Å². The number of anilines is 1. The molecule has 1 amide bonds. The van der Waals surface area contributed by atoms with Crippen LogP contribution in [0.25, 0.3) is 0 Å². The number of aromatic nitrogens is 2. The number of hydrogen-bond acceptors (Lipinski definition) is 6. The molecule has 2 aromatic heterocycles. The van der Waals surface area contributed by atoms with Crippen molar-refractivity contribution in [2.24, 2.45) is 0 Å². The molecule has 3 heterocycles. The van der Waals surface area contributed by atoms with Crippen molar-refractivity contribution in [1.29, 1.82) is 0 Å². The van der Waals surface area contributed by atoms with Crippen LogP contribution in [0, 0.1) is 0 Å². The smallest absolute Gasteiger partial charge is 0.327 e. The second kappa shape index (κ2) is 7.85. The Labute approximate surface area is 146 Å². The summed E-state index contributed by atoms with van der Waals surface area (Å²) in [6, 6.07) is 5.98. The first-order chi connectivity index (χ1) is 12.2. The van der Waals surface area contributed by atoms with Crippen LogP contribution >= 0.6 is 0 Å². The summed E-state index contributed by atoms with van der Waals surface area (Å²) in [6.45, 7) is 0.637. The highest BCUT2D eigenvalue weighted by Gasteiger charge is 2.34. The van der Waals surface area contributed by atoms with Gasteiger partial charge >= 0.3 is 5.97 Å². The van der Waals surface area contributed by atoms with Crippen molar-refractivity contribution >= 4 is 17.6 Å². The molecule has 0 unspecified atom stereocenters. The quantitative estimate of drug-likeness (QED) is 0.830. The third-order valence-corrected chi connectivity index (χ3v) is 4.22. The van der Waals surface area contributed by atoms with Gasteiger partial charge in [0, 0.05) is 25.1 Å². The molecule has 0 bridgehead atoms. The average molecular weight is 340 g/mol. The lowest BCUT2D eigenvalue weighted by Crippen LogP contribution is -2.52. The minimum absolute atomic E-state index is 0.0722. The van der Waals surface area contributed by atoms with Gasteiger partial charge in [0.1, 0.15) is 6.04 Å². The van der Waals surface area contributed by atoms with Gasteiger partial charge in [0.25, 0.3) is 0 Å². The molecule has 1 aliphatic heterocycles. The minimum atomic E-state index is -0.735. The number of carbonyl (C=O) groups excluding carboxylic acids is 2. The monoisotopic (exact) mass is 340 g/mol. The van der Waals surface area contributed by atoms with Gasteiger partial charge in [-0.3, -0.25) is 20.1 Å². The Morgan fingerprint density at radius 2 is 2.04 bits per heavy atom. The maximum absolute atomic E-state index is 12.9. The number of esters is 1. The zero-order valence-corrected chi connectivity index (χ0v) is 14.0. The summed E-state index contributed by atoms with van der Waals surface area (Å²) in [5, 5.41) is 3.15. The van der Waals surface area contributed by atoms with E-state index in [2.05, 4.69) is 15.3 Å². The Morgan fingerprint density at radius 1 is 1.28 bits per heavy atom. The molecule has 0 aromatic carbocycles. The Morgan fingerprint density at radius 3 is 2.68 bits per heavy atom. The normalized spacial score (nSPS) is 18.7. The Hall–Kier alpha value is -2.80. The summed E-state index contributed by atoms with van der Waals surface area (Å²) in [5.41, 5.74) is 1.43. The molecule has 1 N–H and O–H groups in total. The number of carbonyl (C=O) groups is 2. The molecule has 1 fully saturated rings.